The topological polar surface area (TPSA) is 46.9 Å². The molecule has 26 heavy (non-hydrogen) atoms. The van der Waals surface area contributed by atoms with Crippen LogP contribution in [0.5, 0.6) is 0 Å². The number of hydrogen-bond donors (Lipinski definition) is 1. The third-order valence-electron chi connectivity index (χ3n) is 4.38. The number of nitrogens with one attached hydrogen (secondary N) is 1. The van der Waals surface area contributed by atoms with Crippen molar-refractivity contribution in [1.29, 1.82) is 0 Å². The Balaban J connectivity index is 1.68. The lowest BCUT2D eigenvalue weighted by molar-refractivity contribution is -0.113. The fourth-order valence-corrected chi connectivity index (χ4v) is 3.51. The molecule has 0 aliphatic heterocycles. The number of thioether (sulfide) groups is 1. The van der Waals surface area contributed by atoms with E-state index in [-0.39, 0.29) is 5.91 Å². The van der Waals surface area contributed by atoms with Gasteiger partial charge in [-0.1, -0.05) is 43.0 Å². The monoisotopic (exact) mass is 365 g/mol. The number of hydrogen-bond acceptors (Lipinski definition) is 3. The van der Waals surface area contributed by atoms with Gasteiger partial charge in [0.25, 0.3) is 0 Å². The Morgan fingerprint density at radius 1 is 1.15 bits per heavy atom. The Bertz CT molecular complexity index is 917. The maximum atomic E-state index is 12.4. The van der Waals surface area contributed by atoms with Crippen LogP contribution in [-0.4, -0.2) is 21.2 Å². The minimum absolute atomic E-state index is 0.0227. The highest BCUT2D eigenvalue weighted by molar-refractivity contribution is 7.99. The Labute approximate surface area is 158 Å². The van der Waals surface area contributed by atoms with Crippen molar-refractivity contribution in [2.75, 3.05) is 11.1 Å². The Kier molecular flexibility index (Phi) is 5.78. The van der Waals surface area contributed by atoms with Crippen molar-refractivity contribution >= 4 is 23.4 Å². The number of aromatic nitrogens is 2. The molecule has 5 heteroatoms. The largest absolute Gasteiger partial charge is 0.325 e. The second-order valence-electron chi connectivity index (χ2n) is 6.20. The Morgan fingerprint density at radius 3 is 2.73 bits per heavy atom. The summed E-state index contributed by atoms with van der Waals surface area (Å²) in [6, 6.07) is 14.2. The average molecular weight is 366 g/mol. The second-order valence-corrected chi connectivity index (χ2v) is 7.14. The molecule has 0 radical (unpaired) electrons. The minimum Gasteiger partial charge on any atom is -0.325 e. The van der Waals surface area contributed by atoms with Crippen LogP contribution in [-0.2, 0) is 11.2 Å². The van der Waals surface area contributed by atoms with Crippen LogP contribution < -0.4 is 5.32 Å². The van der Waals surface area contributed by atoms with Crippen LogP contribution in [0.15, 0.2) is 60.0 Å². The molecule has 0 unspecified atom stereocenters. The van der Waals surface area contributed by atoms with Crippen LogP contribution in [0, 0.1) is 13.8 Å². The molecular formula is C21H23N3OS. The van der Waals surface area contributed by atoms with E-state index in [1.165, 1.54) is 22.9 Å². The number of rotatable bonds is 6. The van der Waals surface area contributed by atoms with Crippen LogP contribution in [0.3, 0.4) is 0 Å². The predicted molar refractivity (Wildman–Crippen MR) is 108 cm³/mol. The fourth-order valence-electron chi connectivity index (χ4n) is 2.74. The summed E-state index contributed by atoms with van der Waals surface area (Å²) in [4.78, 5) is 16.8. The first-order valence-electron chi connectivity index (χ1n) is 8.70. The average Bonchev–Trinajstić information content (AvgIpc) is 3.11. The van der Waals surface area contributed by atoms with Gasteiger partial charge in [-0.2, -0.15) is 0 Å². The van der Waals surface area contributed by atoms with Gasteiger partial charge in [-0.05, 0) is 55.2 Å². The Morgan fingerprint density at radius 2 is 1.96 bits per heavy atom. The standard InChI is InChI=1S/C21H23N3OS/c1-4-17-7-5-6-8-19(17)23-20(25)14-26-21-22-11-12-24(21)18-10-9-15(2)16(3)13-18/h5-13H,4,14H2,1-3H3,(H,23,25). The molecule has 134 valence electrons. The van der Waals surface area contributed by atoms with Gasteiger partial charge in [0.2, 0.25) is 5.91 Å². The number of anilines is 1. The van der Waals surface area contributed by atoms with Gasteiger partial charge in [0.15, 0.2) is 5.16 Å². The Hall–Kier alpha value is -2.53. The van der Waals surface area contributed by atoms with Crippen LogP contribution in [0.2, 0.25) is 0 Å². The molecule has 1 aromatic heterocycles. The van der Waals surface area contributed by atoms with Gasteiger partial charge in [-0.15, -0.1) is 0 Å². The molecule has 1 heterocycles. The van der Waals surface area contributed by atoms with E-state index in [0.29, 0.717) is 5.75 Å². The molecule has 3 rings (SSSR count). The number of imidazole rings is 1. The lowest BCUT2D eigenvalue weighted by atomic mass is 10.1. The first-order valence-corrected chi connectivity index (χ1v) is 9.68. The number of nitrogens with zero attached hydrogens (tertiary/aromatic N) is 2. The third kappa shape index (κ3) is 4.17. The summed E-state index contributed by atoms with van der Waals surface area (Å²) in [6.45, 7) is 6.28. The van der Waals surface area contributed by atoms with Gasteiger partial charge in [-0.3, -0.25) is 9.36 Å². The van der Waals surface area contributed by atoms with Crippen molar-refractivity contribution < 1.29 is 4.79 Å². The van der Waals surface area contributed by atoms with Crippen LogP contribution >= 0.6 is 11.8 Å². The van der Waals surface area contributed by atoms with Gasteiger partial charge in [0, 0.05) is 23.8 Å². The van der Waals surface area contributed by atoms with Gasteiger partial charge in [0.1, 0.15) is 0 Å². The highest BCUT2D eigenvalue weighted by Gasteiger charge is 2.11. The zero-order chi connectivity index (χ0) is 18.5. The first kappa shape index (κ1) is 18.3. The highest BCUT2D eigenvalue weighted by atomic mass is 32.2. The van der Waals surface area contributed by atoms with Gasteiger partial charge in [0.05, 0.1) is 5.75 Å². The molecule has 0 atom stereocenters. The summed E-state index contributed by atoms with van der Waals surface area (Å²) in [5, 5.41) is 3.82. The maximum absolute atomic E-state index is 12.4. The molecule has 1 N–H and O–H groups in total. The second kappa shape index (κ2) is 8.23. The normalized spacial score (nSPS) is 10.7. The lowest BCUT2D eigenvalue weighted by Crippen LogP contribution is -2.15. The molecule has 0 aliphatic carbocycles. The van der Waals surface area contributed by atoms with E-state index >= 15 is 0 Å². The number of carbonyl (C=O) groups excluding carboxylic acids is 1. The van der Waals surface area contributed by atoms with Crippen molar-refractivity contribution in [2.45, 2.75) is 32.3 Å². The first-order chi connectivity index (χ1) is 12.6. The molecule has 0 saturated heterocycles. The number of carbonyl (C=O) groups is 1. The smallest absolute Gasteiger partial charge is 0.234 e. The molecule has 0 fully saturated rings. The lowest BCUT2D eigenvalue weighted by Gasteiger charge is -2.11. The summed E-state index contributed by atoms with van der Waals surface area (Å²) in [5.74, 6) is 0.297. The highest BCUT2D eigenvalue weighted by Crippen LogP contribution is 2.23. The van der Waals surface area contributed by atoms with E-state index in [2.05, 4.69) is 49.3 Å². The quantitative estimate of drug-likeness (QED) is 0.639. The van der Waals surface area contributed by atoms with Crippen molar-refractivity contribution in [3.8, 4) is 5.69 Å². The zero-order valence-electron chi connectivity index (χ0n) is 15.3. The minimum atomic E-state index is -0.0227. The maximum Gasteiger partial charge on any atom is 0.234 e. The van der Waals surface area contributed by atoms with Crippen LogP contribution in [0.4, 0.5) is 5.69 Å². The van der Waals surface area contributed by atoms with Crippen molar-refractivity contribution in [3.05, 3.63) is 71.5 Å². The van der Waals surface area contributed by atoms with Crippen molar-refractivity contribution in [2.24, 2.45) is 0 Å². The summed E-state index contributed by atoms with van der Waals surface area (Å²) < 4.78 is 2.02. The molecule has 0 spiro atoms. The molecule has 2 aromatic carbocycles. The molecule has 0 aliphatic rings. The number of amides is 1. The van der Waals surface area contributed by atoms with Crippen LogP contribution in [0.25, 0.3) is 5.69 Å². The molecule has 0 saturated carbocycles. The van der Waals surface area contributed by atoms with Gasteiger partial charge >= 0.3 is 0 Å². The number of aryl methyl sites for hydroxylation is 3. The summed E-state index contributed by atoms with van der Waals surface area (Å²) in [6.07, 6.45) is 4.58. The van der Waals surface area contributed by atoms with Gasteiger partial charge < -0.3 is 5.32 Å². The van der Waals surface area contributed by atoms with Crippen molar-refractivity contribution in [1.82, 2.24) is 9.55 Å². The molecular weight excluding hydrogens is 342 g/mol. The molecule has 3 aromatic rings. The van der Waals surface area contributed by atoms with Gasteiger partial charge in [-0.25, -0.2) is 4.98 Å². The fraction of sp³-hybridized carbons (Fsp3) is 0.238. The summed E-state index contributed by atoms with van der Waals surface area (Å²) >= 11 is 1.44. The van der Waals surface area contributed by atoms with E-state index in [9.17, 15) is 4.79 Å². The summed E-state index contributed by atoms with van der Waals surface area (Å²) in [7, 11) is 0. The summed E-state index contributed by atoms with van der Waals surface area (Å²) in [5.41, 5.74) is 5.59. The predicted octanol–water partition coefficient (Wildman–Crippen LogP) is 4.78. The van der Waals surface area contributed by atoms with E-state index in [1.54, 1.807) is 6.20 Å². The SMILES string of the molecule is CCc1ccccc1NC(=O)CSc1nccn1-c1ccc(C)c(C)c1. The van der Waals surface area contributed by atoms with E-state index in [0.717, 1.165) is 28.5 Å². The molecule has 4 nitrogen and oxygen atoms in total. The number of benzene rings is 2. The van der Waals surface area contributed by atoms with E-state index < -0.39 is 0 Å². The zero-order valence-corrected chi connectivity index (χ0v) is 16.1. The molecule has 0 bridgehead atoms. The van der Waals surface area contributed by atoms with E-state index in [4.69, 9.17) is 0 Å². The van der Waals surface area contributed by atoms with Crippen molar-refractivity contribution in [3.63, 3.8) is 0 Å². The van der Waals surface area contributed by atoms with E-state index in [1.807, 2.05) is 35.0 Å². The third-order valence-corrected chi connectivity index (χ3v) is 5.35. The molecule has 1 amide bonds. The number of para-hydroxylation sites is 1. The van der Waals surface area contributed by atoms with Crippen LogP contribution in [0.1, 0.15) is 23.6 Å².